The first-order valence-electron chi connectivity index (χ1n) is 10.6. The van der Waals surface area contributed by atoms with E-state index in [1.807, 2.05) is 30.3 Å². The van der Waals surface area contributed by atoms with Gasteiger partial charge in [-0.3, -0.25) is 0 Å². The van der Waals surface area contributed by atoms with Gasteiger partial charge >= 0.3 is 12.1 Å². The monoisotopic (exact) mass is 531 g/mol. The van der Waals surface area contributed by atoms with Gasteiger partial charge in [-0.2, -0.15) is 13.2 Å². The Morgan fingerprint density at radius 1 is 1.06 bits per heavy atom. The van der Waals surface area contributed by atoms with Gasteiger partial charge in [-0.15, -0.1) is 10.2 Å². The SMILES string of the molecule is C[C@](N)(C(=O)O)c1nnc(-c2ccc(Sc3cccc(OCc4ccccc4)c3)c(C(F)(F)F)c2)s1. The maximum absolute atomic E-state index is 14.0. The molecule has 1 heterocycles. The maximum Gasteiger partial charge on any atom is 0.417 e. The Morgan fingerprint density at radius 2 is 1.81 bits per heavy atom. The number of halogens is 3. The second kappa shape index (κ2) is 10.3. The normalized spacial score (nSPS) is 13.2. The molecule has 0 fully saturated rings. The number of hydrogen-bond acceptors (Lipinski definition) is 7. The van der Waals surface area contributed by atoms with Crippen LogP contribution in [0.4, 0.5) is 13.2 Å². The number of aromatic nitrogens is 2. The predicted molar refractivity (Wildman–Crippen MR) is 131 cm³/mol. The van der Waals surface area contributed by atoms with E-state index in [4.69, 9.17) is 10.5 Å². The van der Waals surface area contributed by atoms with Crippen LogP contribution in [0.15, 0.2) is 82.6 Å². The lowest BCUT2D eigenvalue weighted by Crippen LogP contribution is -2.41. The van der Waals surface area contributed by atoms with Crippen molar-refractivity contribution in [3.05, 3.63) is 88.9 Å². The van der Waals surface area contributed by atoms with Gasteiger partial charge in [0.05, 0.1) is 5.56 Å². The molecule has 0 aliphatic rings. The first-order chi connectivity index (χ1) is 17.0. The van der Waals surface area contributed by atoms with E-state index in [9.17, 15) is 23.1 Å². The number of nitrogens with zero attached hydrogens (tertiary/aromatic N) is 2. The Kier molecular flexibility index (Phi) is 7.34. The summed E-state index contributed by atoms with van der Waals surface area (Å²) < 4.78 is 47.7. The topological polar surface area (TPSA) is 98.3 Å². The van der Waals surface area contributed by atoms with Crippen molar-refractivity contribution in [2.24, 2.45) is 5.73 Å². The average Bonchev–Trinajstić information content (AvgIpc) is 3.34. The van der Waals surface area contributed by atoms with Gasteiger partial charge in [0.2, 0.25) is 0 Å². The molecule has 1 aromatic heterocycles. The highest BCUT2D eigenvalue weighted by molar-refractivity contribution is 7.99. The maximum atomic E-state index is 14.0. The van der Waals surface area contributed by atoms with Crippen molar-refractivity contribution in [2.45, 2.75) is 35.0 Å². The van der Waals surface area contributed by atoms with Crippen molar-refractivity contribution < 1.29 is 27.8 Å². The molecule has 3 aromatic carbocycles. The van der Waals surface area contributed by atoms with Crippen LogP contribution in [0.2, 0.25) is 0 Å². The summed E-state index contributed by atoms with van der Waals surface area (Å²) in [6, 6.07) is 20.2. The molecule has 0 radical (unpaired) electrons. The number of carbonyl (C=O) groups is 1. The zero-order valence-corrected chi connectivity index (χ0v) is 20.5. The molecule has 0 aliphatic heterocycles. The van der Waals surface area contributed by atoms with Crippen molar-refractivity contribution in [1.29, 1.82) is 0 Å². The van der Waals surface area contributed by atoms with Crippen molar-refractivity contribution in [3.63, 3.8) is 0 Å². The van der Waals surface area contributed by atoms with E-state index in [0.29, 0.717) is 17.3 Å². The highest BCUT2D eigenvalue weighted by Gasteiger charge is 2.36. The highest BCUT2D eigenvalue weighted by atomic mass is 32.2. The van der Waals surface area contributed by atoms with Crippen LogP contribution in [0.3, 0.4) is 0 Å². The Balaban J connectivity index is 1.58. The molecule has 0 bridgehead atoms. The molecular formula is C25H20F3N3O3S2. The number of nitrogens with two attached hydrogens (primary N) is 1. The molecule has 4 rings (SSSR count). The lowest BCUT2D eigenvalue weighted by Gasteiger charge is -2.15. The molecule has 11 heteroatoms. The van der Waals surface area contributed by atoms with E-state index in [1.165, 1.54) is 19.1 Å². The van der Waals surface area contributed by atoms with E-state index >= 15 is 0 Å². The fraction of sp³-hybridized carbons (Fsp3) is 0.160. The number of carboxylic acid groups (broad SMARTS) is 1. The van der Waals surface area contributed by atoms with Gasteiger partial charge in [0.25, 0.3) is 0 Å². The van der Waals surface area contributed by atoms with Crippen molar-refractivity contribution in [2.75, 3.05) is 0 Å². The average molecular weight is 532 g/mol. The molecule has 0 spiro atoms. The number of carboxylic acids is 1. The predicted octanol–water partition coefficient (Wildman–Crippen LogP) is 6.21. The minimum Gasteiger partial charge on any atom is -0.489 e. The summed E-state index contributed by atoms with van der Waals surface area (Å²) in [5.41, 5.74) is 4.26. The smallest absolute Gasteiger partial charge is 0.417 e. The number of alkyl halides is 3. The fourth-order valence-electron chi connectivity index (χ4n) is 3.11. The Morgan fingerprint density at radius 3 is 2.50 bits per heavy atom. The molecule has 0 saturated heterocycles. The minimum atomic E-state index is -4.63. The Hall–Kier alpha value is -3.41. The number of benzene rings is 3. The first kappa shape index (κ1) is 25.7. The number of hydrogen-bond donors (Lipinski definition) is 2. The largest absolute Gasteiger partial charge is 0.489 e. The molecule has 0 saturated carbocycles. The zero-order chi connectivity index (χ0) is 25.9. The van der Waals surface area contributed by atoms with Crippen LogP contribution < -0.4 is 10.5 Å². The summed E-state index contributed by atoms with van der Waals surface area (Å²) in [6.07, 6.45) is -4.63. The van der Waals surface area contributed by atoms with Gasteiger partial charge in [-0.25, -0.2) is 4.79 Å². The third-order valence-electron chi connectivity index (χ3n) is 5.13. The summed E-state index contributed by atoms with van der Waals surface area (Å²) in [5.74, 6) is -0.776. The molecular weight excluding hydrogens is 511 g/mol. The standard InChI is InChI=1S/C25H20F3N3O3S2/c1-24(29,23(32)33)22-31-30-21(36-22)16-10-11-20(19(12-16)25(26,27)28)35-18-9-5-8-17(13-18)34-14-15-6-3-2-4-7-15/h2-13H,14,29H2,1H3,(H,32,33)/t24-/m1/s1. The molecule has 6 nitrogen and oxygen atoms in total. The summed E-state index contributed by atoms with van der Waals surface area (Å²) in [6.45, 7) is 1.59. The number of rotatable bonds is 8. The van der Waals surface area contributed by atoms with Crippen molar-refractivity contribution >= 4 is 29.1 Å². The third kappa shape index (κ3) is 5.86. The molecule has 3 N–H and O–H groups in total. The number of ether oxygens (including phenoxy) is 1. The molecule has 36 heavy (non-hydrogen) atoms. The Labute approximate surface area is 213 Å². The van der Waals surface area contributed by atoms with Crippen LogP contribution in [0.25, 0.3) is 10.6 Å². The third-order valence-corrected chi connectivity index (χ3v) is 7.40. The van der Waals surface area contributed by atoms with E-state index in [2.05, 4.69) is 10.2 Å². The zero-order valence-electron chi connectivity index (χ0n) is 18.8. The van der Waals surface area contributed by atoms with Crippen molar-refractivity contribution in [3.8, 4) is 16.3 Å². The fourth-order valence-corrected chi connectivity index (χ4v) is 5.00. The van der Waals surface area contributed by atoms with Gasteiger partial charge in [-0.1, -0.05) is 65.6 Å². The van der Waals surface area contributed by atoms with Crippen LogP contribution in [0, 0.1) is 0 Å². The van der Waals surface area contributed by atoms with Crippen LogP contribution in [-0.2, 0) is 23.1 Å². The van der Waals surface area contributed by atoms with Gasteiger partial charge < -0.3 is 15.6 Å². The lowest BCUT2D eigenvalue weighted by molar-refractivity contribution is -0.143. The van der Waals surface area contributed by atoms with E-state index in [-0.39, 0.29) is 20.5 Å². The summed E-state index contributed by atoms with van der Waals surface area (Å²) in [5, 5.41) is 17.0. The van der Waals surface area contributed by atoms with Crippen LogP contribution in [-0.4, -0.2) is 21.3 Å². The minimum absolute atomic E-state index is 0.00500. The van der Waals surface area contributed by atoms with E-state index in [1.54, 1.807) is 24.3 Å². The molecule has 0 amide bonds. The van der Waals surface area contributed by atoms with Gasteiger partial charge in [-0.05, 0) is 42.8 Å². The molecule has 0 aliphatic carbocycles. The quantitative estimate of drug-likeness (QED) is 0.279. The second-order valence-corrected chi connectivity index (χ2v) is 10.1. The Bertz CT molecular complexity index is 1380. The summed E-state index contributed by atoms with van der Waals surface area (Å²) in [4.78, 5) is 11.9. The highest BCUT2D eigenvalue weighted by Crippen LogP contribution is 2.42. The lowest BCUT2D eigenvalue weighted by atomic mass is 10.1. The summed E-state index contributed by atoms with van der Waals surface area (Å²) >= 11 is 1.80. The van der Waals surface area contributed by atoms with Gasteiger partial charge in [0, 0.05) is 15.4 Å². The summed E-state index contributed by atoms with van der Waals surface area (Å²) in [7, 11) is 0. The second-order valence-electron chi connectivity index (χ2n) is 7.98. The van der Waals surface area contributed by atoms with Crippen molar-refractivity contribution in [1.82, 2.24) is 10.2 Å². The molecule has 0 unspecified atom stereocenters. The first-order valence-corrected chi connectivity index (χ1v) is 12.2. The van der Waals surface area contributed by atoms with Crippen LogP contribution >= 0.6 is 23.1 Å². The van der Waals surface area contributed by atoms with Gasteiger partial charge in [0.15, 0.2) is 5.54 Å². The van der Waals surface area contributed by atoms with Gasteiger partial charge in [0.1, 0.15) is 22.4 Å². The molecule has 186 valence electrons. The number of aliphatic carboxylic acids is 1. The van der Waals surface area contributed by atoms with E-state index < -0.39 is 23.2 Å². The molecule has 4 aromatic rings. The van der Waals surface area contributed by atoms with Crippen LogP contribution in [0.5, 0.6) is 5.75 Å². The molecule has 1 atom stereocenters. The van der Waals surface area contributed by atoms with Crippen LogP contribution in [0.1, 0.15) is 23.1 Å². The van der Waals surface area contributed by atoms with E-state index in [0.717, 1.165) is 34.7 Å².